The highest BCUT2D eigenvalue weighted by atomic mass is 16.2. The smallest absolute Gasteiger partial charge is 0.318 e. The Morgan fingerprint density at radius 1 is 1.04 bits per heavy atom. The number of anilines is 1. The van der Waals surface area contributed by atoms with Crippen molar-refractivity contribution in [2.45, 2.75) is 70.9 Å². The first kappa shape index (κ1) is 17.8. The lowest BCUT2D eigenvalue weighted by Crippen LogP contribution is -2.50. The molecule has 1 heterocycles. The van der Waals surface area contributed by atoms with E-state index in [-0.39, 0.29) is 24.0 Å². The van der Waals surface area contributed by atoms with Crippen LogP contribution >= 0.6 is 0 Å². The lowest BCUT2D eigenvalue weighted by Gasteiger charge is -2.29. The number of carbonyl (C=O) groups excluding carboxylic acids is 2. The van der Waals surface area contributed by atoms with Crippen molar-refractivity contribution in [3.8, 4) is 0 Å². The van der Waals surface area contributed by atoms with Gasteiger partial charge >= 0.3 is 6.03 Å². The maximum absolute atomic E-state index is 12.8. The molecule has 1 atom stereocenters. The molecule has 2 fully saturated rings. The Kier molecular flexibility index (Phi) is 5.61. The number of benzene rings is 1. The number of hydrogen-bond donors (Lipinski definition) is 2. The van der Waals surface area contributed by atoms with Gasteiger partial charge in [0.1, 0.15) is 6.04 Å². The third-order valence-corrected chi connectivity index (χ3v) is 5.40. The van der Waals surface area contributed by atoms with Crippen LogP contribution in [0.2, 0.25) is 0 Å². The Morgan fingerprint density at radius 2 is 1.80 bits per heavy atom. The van der Waals surface area contributed by atoms with Crippen molar-refractivity contribution in [1.82, 2.24) is 10.2 Å². The molecular formula is C20H29N3O2. The summed E-state index contributed by atoms with van der Waals surface area (Å²) in [7, 11) is 0. The van der Waals surface area contributed by atoms with Crippen LogP contribution in [0.1, 0.15) is 56.1 Å². The summed E-state index contributed by atoms with van der Waals surface area (Å²) < 4.78 is 0. The third kappa shape index (κ3) is 4.33. The molecule has 0 unspecified atom stereocenters. The molecule has 136 valence electrons. The van der Waals surface area contributed by atoms with E-state index in [0.29, 0.717) is 6.54 Å². The summed E-state index contributed by atoms with van der Waals surface area (Å²) in [4.78, 5) is 27.1. The van der Waals surface area contributed by atoms with E-state index in [2.05, 4.69) is 10.6 Å². The van der Waals surface area contributed by atoms with Crippen LogP contribution in [-0.2, 0) is 4.79 Å². The van der Waals surface area contributed by atoms with Gasteiger partial charge in [0.2, 0.25) is 5.91 Å². The van der Waals surface area contributed by atoms with Crippen molar-refractivity contribution in [3.63, 3.8) is 0 Å². The fraction of sp³-hybridized carbons (Fsp3) is 0.600. The normalized spacial score (nSPS) is 21.2. The average molecular weight is 343 g/mol. The fourth-order valence-corrected chi connectivity index (χ4v) is 3.87. The Balaban J connectivity index is 1.62. The van der Waals surface area contributed by atoms with Gasteiger partial charge in [0.15, 0.2) is 0 Å². The predicted octanol–water partition coefficient (Wildman–Crippen LogP) is 3.75. The zero-order valence-corrected chi connectivity index (χ0v) is 15.3. The van der Waals surface area contributed by atoms with Crippen LogP contribution in [0.5, 0.6) is 0 Å². The molecule has 2 aliphatic rings. The van der Waals surface area contributed by atoms with Crippen LogP contribution in [0.4, 0.5) is 10.5 Å². The van der Waals surface area contributed by atoms with Gasteiger partial charge in [0.25, 0.3) is 0 Å². The van der Waals surface area contributed by atoms with Gasteiger partial charge in [-0.3, -0.25) is 4.79 Å². The minimum Gasteiger partial charge on any atom is -0.335 e. The SMILES string of the molecule is Cc1ccc(C)c(NC(=O)[C@H]2CCCN2C(=O)NC2CCCCC2)c1. The molecule has 0 aromatic heterocycles. The van der Waals surface area contributed by atoms with Gasteiger partial charge in [-0.05, 0) is 56.7 Å². The van der Waals surface area contributed by atoms with Gasteiger partial charge in [-0.25, -0.2) is 4.79 Å². The van der Waals surface area contributed by atoms with Crippen LogP contribution in [0.15, 0.2) is 18.2 Å². The van der Waals surface area contributed by atoms with Gasteiger partial charge in [-0.2, -0.15) is 0 Å². The molecular weight excluding hydrogens is 314 g/mol. The molecule has 0 spiro atoms. The molecule has 1 aliphatic carbocycles. The van der Waals surface area contributed by atoms with Crippen molar-refractivity contribution in [3.05, 3.63) is 29.3 Å². The van der Waals surface area contributed by atoms with Crippen LogP contribution in [0.25, 0.3) is 0 Å². The van der Waals surface area contributed by atoms with Crippen molar-refractivity contribution in [2.75, 3.05) is 11.9 Å². The number of likely N-dealkylation sites (tertiary alicyclic amines) is 1. The summed E-state index contributed by atoms with van der Waals surface area (Å²) in [5.74, 6) is -0.0787. The third-order valence-electron chi connectivity index (χ3n) is 5.40. The first-order valence-electron chi connectivity index (χ1n) is 9.50. The van der Waals surface area contributed by atoms with Crippen molar-refractivity contribution in [2.24, 2.45) is 0 Å². The molecule has 1 aromatic rings. The highest BCUT2D eigenvalue weighted by Crippen LogP contribution is 2.23. The fourth-order valence-electron chi connectivity index (χ4n) is 3.87. The van der Waals surface area contributed by atoms with Crippen molar-refractivity contribution in [1.29, 1.82) is 0 Å². The summed E-state index contributed by atoms with van der Waals surface area (Å²) in [6.07, 6.45) is 7.34. The molecule has 0 radical (unpaired) electrons. The second kappa shape index (κ2) is 7.89. The topological polar surface area (TPSA) is 61.4 Å². The number of nitrogens with one attached hydrogen (secondary N) is 2. The summed E-state index contributed by atoms with van der Waals surface area (Å²) in [5.41, 5.74) is 2.99. The summed E-state index contributed by atoms with van der Waals surface area (Å²) in [6, 6.07) is 5.84. The first-order chi connectivity index (χ1) is 12.0. The molecule has 3 amide bonds. The number of carbonyl (C=O) groups is 2. The predicted molar refractivity (Wildman–Crippen MR) is 99.7 cm³/mol. The molecule has 3 rings (SSSR count). The van der Waals surface area contributed by atoms with Gasteiger partial charge in [0.05, 0.1) is 0 Å². The zero-order chi connectivity index (χ0) is 17.8. The summed E-state index contributed by atoms with van der Waals surface area (Å²) in [5, 5.41) is 6.16. The monoisotopic (exact) mass is 343 g/mol. The van der Waals surface area contributed by atoms with Crippen molar-refractivity contribution < 1.29 is 9.59 Å². The van der Waals surface area contributed by atoms with Gasteiger partial charge in [0, 0.05) is 18.3 Å². The van der Waals surface area contributed by atoms with Crippen LogP contribution < -0.4 is 10.6 Å². The average Bonchev–Trinajstić information content (AvgIpc) is 3.09. The van der Waals surface area contributed by atoms with E-state index in [1.165, 1.54) is 19.3 Å². The summed E-state index contributed by atoms with van der Waals surface area (Å²) in [6.45, 7) is 4.65. The maximum Gasteiger partial charge on any atom is 0.318 e. The molecule has 1 aliphatic heterocycles. The molecule has 1 aromatic carbocycles. The Labute approximate surface area is 150 Å². The zero-order valence-electron chi connectivity index (χ0n) is 15.3. The first-order valence-corrected chi connectivity index (χ1v) is 9.50. The minimum absolute atomic E-state index is 0.0782. The van der Waals surface area contributed by atoms with Gasteiger partial charge in [-0.1, -0.05) is 31.4 Å². The molecule has 1 saturated heterocycles. The van der Waals surface area contributed by atoms with E-state index in [1.807, 2.05) is 32.0 Å². The molecule has 0 bridgehead atoms. The largest absolute Gasteiger partial charge is 0.335 e. The molecule has 1 saturated carbocycles. The standard InChI is InChI=1S/C20H29N3O2/c1-14-10-11-15(2)17(13-14)22-19(24)18-9-6-12-23(18)20(25)21-16-7-4-3-5-8-16/h10-11,13,16,18H,3-9,12H2,1-2H3,(H,21,25)(H,22,24)/t18-/m1/s1. The van der Waals surface area contributed by atoms with Crippen molar-refractivity contribution >= 4 is 17.6 Å². The number of nitrogens with zero attached hydrogens (tertiary/aromatic N) is 1. The minimum atomic E-state index is -0.372. The number of aryl methyl sites for hydroxylation is 2. The van der Waals surface area contributed by atoms with E-state index in [4.69, 9.17) is 0 Å². The maximum atomic E-state index is 12.8. The van der Waals surface area contributed by atoms with E-state index in [9.17, 15) is 9.59 Å². The molecule has 25 heavy (non-hydrogen) atoms. The van der Waals surface area contributed by atoms with E-state index < -0.39 is 0 Å². The Morgan fingerprint density at radius 3 is 2.56 bits per heavy atom. The van der Waals surface area contributed by atoms with Crippen LogP contribution in [0, 0.1) is 13.8 Å². The highest BCUT2D eigenvalue weighted by molar-refractivity contribution is 5.97. The number of hydrogen-bond acceptors (Lipinski definition) is 2. The lowest BCUT2D eigenvalue weighted by atomic mass is 9.96. The van der Waals surface area contributed by atoms with E-state index in [1.54, 1.807) is 4.90 Å². The quantitative estimate of drug-likeness (QED) is 0.878. The van der Waals surface area contributed by atoms with Crippen LogP contribution in [0.3, 0.4) is 0 Å². The summed E-state index contributed by atoms with van der Waals surface area (Å²) >= 11 is 0. The molecule has 5 nitrogen and oxygen atoms in total. The number of rotatable bonds is 3. The Bertz CT molecular complexity index is 638. The number of urea groups is 1. The molecule has 5 heteroatoms. The second-order valence-electron chi connectivity index (χ2n) is 7.44. The van der Waals surface area contributed by atoms with Crippen LogP contribution in [-0.4, -0.2) is 35.5 Å². The highest BCUT2D eigenvalue weighted by Gasteiger charge is 2.35. The number of amides is 3. The lowest BCUT2D eigenvalue weighted by molar-refractivity contribution is -0.119. The van der Waals surface area contributed by atoms with E-state index in [0.717, 1.165) is 42.5 Å². The second-order valence-corrected chi connectivity index (χ2v) is 7.44. The van der Waals surface area contributed by atoms with Gasteiger partial charge in [-0.15, -0.1) is 0 Å². The Hall–Kier alpha value is -2.04. The van der Waals surface area contributed by atoms with E-state index >= 15 is 0 Å². The molecule has 2 N–H and O–H groups in total. The van der Waals surface area contributed by atoms with Gasteiger partial charge < -0.3 is 15.5 Å².